The predicted octanol–water partition coefficient (Wildman–Crippen LogP) is 2.57. The highest BCUT2D eigenvalue weighted by Gasteiger charge is 2.35. The molecule has 0 aromatic heterocycles. The number of rotatable bonds is 5. The molecule has 2 aromatic rings. The second-order valence-electron chi connectivity index (χ2n) is 5.82. The average molecular weight is 395 g/mol. The van der Waals surface area contributed by atoms with Crippen molar-refractivity contribution in [3.8, 4) is 5.75 Å². The fourth-order valence-electron chi connectivity index (χ4n) is 2.70. The third-order valence-electron chi connectivity index (χ3n) is 4.14. The number of fused-ring (bicyclic) bond motifs is 1. The number of hydrogen-bond acceptors (Lipinski definition) is 4. The van der Waals surface area contributed by atoms with Crippen LogP contribution in [0.1, 0.15) is 12.5 Å². The molecule has 1 aliphatic heterocycles. The molecular formula is C18H19ClN2O4S. The fourth-order valence-corrected chi connectivity index (χ4v) is 4.02. The summed E-state index contributed by atoms with van der Waals surface area (Å²) in [6.45, 7) is 1.74. The summed E-state index contributed by atoms with van der Waals surface area (Å²) in [6, 6.07) is 14.0. The van der Waals surface area contributed by atoms with E-state index in [9.17, 15) is 13.2 Å². The van der Waals surface area contributed by atoms with E-state index in [2.05, 4.69) is 5.32 Å². The molecule has 1 N–H and O–H groups in total. The molecule has 0 saturated carbocycles. The molecule has 2 aromatic carbocycles. The molecule has 3 rings (SSSR count). The topological polar surface area (TPSA) is 75.7 Å². The van der Waals surface area contributed by atoms with Crippen molar-refractivity contribution in [1.82, 2.24) is 5.32 Å². The van der Waals surface area contributed by atoms with Gasteiger partial charge in [-0.15, -0.1) is 0 Å². The fraction of sp³-hybridized carbons (Fsp3) is 0.278. The molecule has 0 saturated heterocycles. The lowest BCUT2D eigenvalue weighted by atomic mass is 10.2. The van der Waals surface area contributed by atoms with Crippen molar-refractivity contribution in [3.63, 3.8) is 0 Å². The highest BCUT2D eigenvalue weighted by molar-refractivity contribution is 7.92. The summed E-state index contributed by atoms with van der Waals surface area (Å²) >= 11 is 6.09. The standard InChI is InChI=1S/C18H19ClN2O4S/c1-2-26(23,24)21-12-17(25-16-10-6-5-9-15(16)21)18(22)20-11-13-7-3-4-8-14(13)19/h3-10,17H,2,11-12H2,1H3,(H,20,22)/t17-/m1/s1. The van der Waals surface area contributed by atoms with E-state index < -0.39 is 22.0 Å². The Morgan fingerprint density at radius 2 is 1.92 bits per heavy atom. The van der Waals surface area contributed by atoms with Crippen molar-refractivity contribution >= 4 is 33.2 Å². The van der Waals surface area contributed by atoms with E-state index >= 15 is 0 Å². The Labute approximate surface area is 157 Å². The molecule has 0 radical (unpaired) electrons. The molecule has 138 valence electrons. The minimum atomic E-state index is -3.52. The molecule has 8 heteroatoms. The van der Waals surface area contributed by atoms with Gasteiger partial charge in [-0.2, -0.15) is 0 Å². The first-order valence-electron chi connectivity index (χ1n) is 8.19. The highest BCUT2D eigenvalue weighted by atomic mass is 35.5. The summed E-state index contributed by atoms with van der Waals surface area (Å²) in [5, 5.41) is 3.31. The SMILES string of the molecule is CCS(=O)(=O)N1C[C@H](C(=O)NCc2ccccc2Cl)Oc2ccccc21. The van der Waals surface area contributed by atoms with E-state index in [1.807, 2.05) is 18.2 Å². The molecular weight excluding hydrogens is 376 g/mol. The van der Waals surface area contributed by atoms with Gasteiger partial charge in [0.05, 0.1) is 18.0 Å². The quantitative estimate of drug-likeness (QED) is 0.845. The molecule has 0 spiro atoms. The number of benzene rings is 2. The lowest BCUT2D eigenvalue weighted by molar-refractivity contribution is -0.127. The van der Waals surface area contributed by atoms with Crippen LogP contribution in [0.25, 0.3) is 0 Å². The molecule has 0 aliphatic carbocycles. The Morgan fingerprint density at radius 1 is 1.23 bits per heavy atom. The Morgan fingerprint density at radius 3 is 2.65 bits per heavy atom. The third-order valence-corrected chi connectivity index (χ3v) is 6.25. The summed E-state index contributed by atoms with van der Waals surface area (Å²) in [6.07, 6.45) is -0.936. The Balaban J connectivity index is 1.79. The van der Waals surface area contributed by atoms with Crippen LogP contribution in [0, 0.1) is 0 Å². The van der Waals surface area contributed by atoms with E-state index in [0.29, 0.717) is 16.5 Å². The van der Waals surface area contributed by atoms with Gasteiger partial charge >= 0.3 is 0 Å². The molecule has 0 bridgehead atoms. The lowest BCUT2D eigenvalue weighted by Gasteiger charge is -2.34. The zero-order valence-electron chi connectivity index (χ0n) is 14.2. The van der Waals surface area contributed by atoms with Crippen LogP contribution in [0.2, 0.25) is 5.02 Å². The van der Waals surface area contributed by atoms with Gasteiger partial charge in [0, 0.05) is 11.6 Å². The van der Waals surface area contributed by atoms with E-state index in [4.69, 9.17) is 16.3 Å². The Hall–Kier alpha value is -2.25. The number of hydrogen-bond donors (Lipinski definition) is 1. The van der Waals surface area contributed by atoms with E-state index in [1.54, 1.807) is 37.3 Å². The minimum absolute atomic E-state index is 0.0602. The summed E-state index contributed by atoms with van der Waals surface area (Å²) in [5.41, 5.74) is 1.22. The first-order valence-corrected chi connectivity index (χ1v) is 10.2. The normalized spacial score (nSPS) is 16.5. The van der Waals surface area contributed by atoms with Gasteiger partial charge in [0.2, 0.25) is 10.0 Å². The first kappa shape index (κ1) is 18.5. The zero-order valence-corrected chi connectivity index (χ0v) is 15.8. The number of carbonyl (C=O) groups is 1. The maximum Gasteiger partial charge on any atom is 0.263 e. The Bertz CT molecular complexity index is 917. The molecule has 1 amide bonds. The number of nitrogens with one attached hydrogen (secondary N) is 1. The smallest absolute Gasteiger partial charge is 0.263 e. The molecule has 1 heterocycles. The first-order chi connectivity index (χ1) is 12.4. The molecule has 0 unspecified atom stereocenters. The number of nitrogens with zero attached hydrogens (tertiary/aromatic N) is 1. The van der Waals surface area contributed by atoms with E-state index in [0.717, 1.165) is 5.56 Å². The molecule has 1 atom stereocenters. The van der Waals surface area contributed by atoms with Crippen molar-refractivity contribution in [2.45, 2.75) is 19.6 Å². The van der Waals surface area contributed by atoms with Gasteiger partial charge in [-0.3, -0.25) is 9.10 Å². The summed E-state index contributed by atoms with van der Waals surface area (Å²) in [4.78, 5) is 12.6. The molecule has 0 fully saturated rings. The van der Waals surface area contributed by atoms with Crippen LogP contribution in [0.5, 0.6) is 5.75 Å². The van der Waals surface area contributed by atoms with Crippen molar-refractivity contribution < 1.29 is 17.9 Å². The predicted molar refractivity (Wildman–Crippen MR) is 101 cm³/mol. The summed E-state index contributed by atoms with van der Waals surface area (Å²) in [7, 11) is -3.52. The van der Waals surface area contributed by atoms with Gasteiger partial charge in [0.15, 0.2) is 6.10 Å². The zero-order chi connectivity index (χ0) is 18.7. The molecule has 6 nitrogen and oxygen atoms in total. The van der Waals surface area contributed by atoms with E-state index in [-0.39, 0.29) is 18.8 Å². The number of ether oxygens (including phenoxy) is 1. The molecule has 26 heavy (non-hydrogen) atoms. The van der Waals surface area contributed by atoms with Crippen LogP contribution in [0.3, 0.4) is 0 Å². The van der Waals surface area contributed by atoms with Crippen LogP contribution in [0.4, 0.5) is 5.69 Å². The molecule has 1 aliphatic rings. The van der Waals surface area contributed by atoms with Crippen molar-refractivity contribution in [2.75, 3.05) is 16.6 Å². The maximum absolute atomic E-state index is 12.6. The van der Waals surface area contributed by atoms with Crippen molar-refractivity contribution in [3.05, 3.63) is 59.1 Å². The number of para-hydroxylation sites is 2. The number of amides is 1. The van der Waals surface area contributed by atoms with Crippen LogP contribution in [0.15, 0.2) is 48.5 Å². The van der Waals surface area contributed by atoms with Gasteiger partial charge in [0.1, 0.15) is 5.75 Å². The Kier molecular flexibility index (Phi) is 5.38. The number of halogens is 1. The number of sulfonamides is 1. The van der Waals surface area contributed by atoms with Crippen LogP contribution in [-0.2, 0) is 21.4 Å². The third kappa shape index (κ3) is 3.78. The van der Waals surface area contributed by atoms with Crippen LogP contribution in [-0.4, -0.2) is 32.7 Å². The monoisotopic (exact) mass is 394 g/mol. The largest absolute Gasteiger partial charge is 0.476 e. The lowest BCUT2D eigenvalue weighted by Crippen LogP contribution is -2.50. The summed E-state index contributed by atoms with van der Waals surface area (Å²) in [5.74, 6) is -0.0839. The van der Waals surface area contributed by atoms with Crippen molar-refractivity contribution in [1.29, 1.82) is 0 Å². The number of anilines is 1. The minimum Gasteiger partial charge on any atom is -0.476 e. The van der Waals surface area contributed by atoms with Gasteiger partial charge in [0.25, 0.3) is 5.91 Å². The van der Waals surface area contributed by atoms with Gasteiger partial charge < -0.3 is 10.1 Å². The van der Waals surface area contributed by atoms with Gasteiger partial charge in [-0.1, -0.05) is 41.9 Å². The second kappa shape index (κ2) is 7.55. The second-order valence-corrected chi connectivity index (χ2v) is 8.40. The summed E-state index contributed by atoms with van der Waals surface area (Å²) < 4.78 is 31.8. The van der Waals surface area contributed by atoms with Gasteiger partial charge in [-0.05, 0) is 30.7 Å². The highest BCUT2D eigenvalue weighted by Crippen LogP contribution is 2.35. The van der Waals surface area contributed by atoms with Crippen LogP contribution < -0.4 is 14.4 Å². The van der Waals surface area contributed by atoms with Gasteiger partial charge in [-0.25, -0.2) is 8.42 Å². The average Bonchev–Trinajstić information content (AvgIpc) is 2.66. The van der Waals surface area contributed by atoms with Crippen LogP contribution >= 0.6 is 11.6 Å². The van der Waals surface area contributed by atoms with Crippen molar-refractivity contribution in [2.24, 2.45) is 0 Å². The number of carbonyl (C=O) groups excluding carboxylic acids is 1. The maximum atomic E-state index is 12.6. The van der Waals surface area contributed by atoms with E-state index in [1.165, 1.54) is 4.31 Å².